The van der Waals surface area contributed by atoms with Crippen molar-refractivity contribution in [2.45, 2.75) is 0 Å². The molecule has 0 aliphatic heterocycles. The van der Waals surface area contributed by atoms with Crippen LogP contribution in [-0.2, 0) is 0 Å². The van der Waals surface area contributed by atoms with Crippen LogP contribution in [0.5, 0.6) is 0 Å². The van der Waals surface area contributed by atoms with E-state index in [9.17, 15) is 19.3 Å². The molecule has 0 radical (unpaired) electrons. The molecule has 0 saturated carbocycles. The summed E-state index contributed by atoms with van der Waals surface area (Å²) < 4.78 is 14.0. The van der Waals surface area contributed by atoms with Crippen LogP contribution < -0.4 is 5.32 Å². The number of benzene rings is 1. The first kappa shape index (κ1) is 14.1. The molecule has 6 nitrogen and oxygen atoms in total. The Balaban J connectivity index is 2.24. The molecule has 1 aromatic carbocycles. The molecule has 1 aromatic heterocycles. The van der Waals surface area contributed by atoms with Crippen LogP contribution in [0, 0.1) is 15.9 Å². The number of hydrogen-bond donors (Lipinski definition) is 1. The lowest BCUT2D eigenvalue weighted by Gasteiger charge is -2.06. The van der Waals surface area contributed by atoms with Gasteiger partial charge >= 0.3 is 5.69 Å². The van der Waals surface area contributed by atoms with E-state index in [0.29, 0.717) is 10.2 Å². The Bertz CT molecular complexity index is 693. The minimum Gasteiger partial charge on any atom is -0.321 e. The van der Waals surface area contributed by atoms with Crippen molar-refractivity contribution in [3.63, 3.8) is 0 Å². The van der Waals surface area contributed by atoms with Gasteiger partial charge < -0.3 is 5.32 Å². The van der Waals surface area contributed by atoms with Gasteiger partial charge in [0.1, 0.15) is 0 Å². The number of pyridine rings is 1. The number of nitro benzene ring substituents is 1. The maximum absolute atomic E-state index is 13.4. The molecule has 102 valence electrons. The molecule has 8 heteroatoms. The molecular weight excluding hydrogens is 333 g/mol. The van der Waals surface area contributed by atoms with Gasteiger partial charge in [0, 0.05) is 24.0 Å². The average Bonchev–Trinajstić information content (AvgIpc) is 2.40. The number of carbonyl (C=O) groups is 1. The standard InChI is InChI=1S/C12H7BrFN3O3/c13-8-6-15-4-3-10(8)16-12(18)7-1-2-11(17(19)20)9(14)5-7/h1-6H,(H,15,16,18). The minimum atomic E-state index is -1.06. The van der Waals surface area contributed by atoms with Crippen molar-refractivity contribution in [1.29, 1.82) is 0 Å². The molecule has 0 aliphatic carbocycles. The fourth-order valence-corrected chi connectivity index (χ4v) is 1.82. The van der Waals surface area contributed by atoms with E-state index in [1.807, 2.05) is 0 Å². The number of aromatic nitrogens is 1. The maximum Gasteiger partial charge on any atom is 0.304 e. The van der Waals surface area contributed by atoms with Crippen molar-refractivity contribution in [2.24, 2.45) is 0 Å². The zero-order valence-electron chi connectivity index (χ0n) is 9.84. The lowest BCUT2D eigenvalue weighted by Crippen LogP contribution is -2.12. The first-order chi connectivity index (χ1) is 9.49. The van der Waals surface area contributed by atoms with E-state index in [4.69, 9.17) is 0 Å². The fraction of sp³-hybridized carbons (Fsp3) is 0. The first-order valence-corrected chi connectivity index (χ1v) is 6.13. The van der Waals surface area contributed by atoms with Crippen LogP contribution in [0.2, 0.25) is 0 Å². The molecule has 0 bridgehead atoms. The Morgan fingerprint density at radius 2 is 2.15 bits per heavy atom. The highest BCUT2D eigenvalue weighted by Crippen LogP contribution is 2.22. The number of halogens is 2. The average molecular weight is 340 g/mol. The third-order valence-electron chi connectivity index (χ3n) is 2.43. The number of anilines is 1. The Hall–Kier alpha value is -2.35. The van der Waals surface area contributed by atoms with E-state index in [2.05, 4.69) is 26.2 Å². The number of nitrogens with zero attached hydrogens (tertiary/aromatic N) is 2. The molecule has 0 fully saturated rings. The third kappa shape index (κ3) is 2.97. The predicted octanol–water partition coefficient (Wildman–Crippen LogP) is 3.14. The quantitative estimate of drug-likeness (QED) is 0.687. The predicted molar refractivity (Wildman–Crippen MR) is 72.9 cm³/mol. The highest BCUT2D eigenvalue weighted by atomic mass is 79.9. The van der Waals surface area contributed by atoms with E-state index in [-0.39, 0.29) is 5.56 Å². The zero-order valence-corrected chi connectivity index (χ0v) is 11.4. The lowest BCUT2D eigenvalue weighted by molar-refractivity contribution is -0.387. The van der Waals surface area contributed by atoms with Crippen LogP contribution >= 0.6 is 15.9 Å². The van der Waals surface area contributed by atoms with Crippen molar-refractivity contribution in [3.8, 4) is 0 Å². The summed E-state index contributed by atoms with van der Waals surface area (Å²) >= 11 is 3.20. The fourth-order valence-electron chi connectivity index (χ4n) is 1.47. The van der Waals surface area contributed by atoms with Gasteiger partial charge in [0.25, 0.3) is 5.91 Å². The number of hydrogen-bond acceptors (Lipinski definition) is 4. The van der Waals surface area contributed by atoms with Gasteiger partial charge in [-0.3, -0.25) is 19.9 Å². The molecule has 2 rings (SSSR count). The Morgan fingerprint density at radius 1 is 1.40 bits per heavy atom. The largest absolute Gasteiger partial charge is 0.321 e. The molecule has 1 heterocycles. The van der Waals surface area contributed by atoms with Gasteiger partial charge in [0.2, 0.25) is 5.82 Å². The maximum atomic E-state index is 13.4. The van der Waals surface area contributed by atoms with E-state index in [1.165, 1.54) is 18.5 Å². The molecule has 2 aromatic rings. The summed E-state index contributed by atoms with van der Waals surface area (Å²) in [6, 6.07) is 4.52. The first-order valence-electron chi connectivity index (χ1n) is 5.34. The number of nitro groups is 1. The molecule has 0 saturated heterocycles. The van der Waals surface area contributed by atoms with E-state index < -0.39 is 22.3 Å². The zero-order chi connectivity index (χ0) is 14.7. The smallest absolute Gasteiger partial charge is 0.304 e. The molecule has 0 atom stereocenters. The highest BCUT2D eigenvalue weighted by Gasteiger charge is 2.17. The Kier molecular flexibility index (Phi) is 4.04. The molecule has 0 unspecified atom stereocenters. The lowest BCUT2D eigenvalue weighted by atomic mass is 10.2. The monoisotopic (exact) mass is 339 g/mol. The SMILES string of the molecule is O=C(Nc1ccncc1Br)c1ccc([N+](=O)[O-])c(F)c1. The van der Waals surface area contributed by atoms with E-state index >= 15 is 0 Å². The molecule has 1 amide bonds. The normalized spacial score (nSPS) is 10.1. The van der Waals surface area contributed by atoms with Gasteiger partial charge in [0.15, 0.2) is 0 Å². The number of nitrogens with one attached hydrogen (secondary N) is 1. The van der Waals surface area contributed by atoms with Crippen LogP contribution in [0.3, 0.4) is 0 Å². The molecular formula is C12H7BrFN3O3. The molecule has 0 spiro atoms. The van der Waals surface area contributed by atoms with Crippen LogP contribution in [0.15, 0.2) is 41.1 Å². The van der Waals surface area contributed by atoms with Crippen molar-refractivity contribution in [2.75, 3.05) is 5.32 Å². The third-order valence-corrected chi connectivity index (χ3v) is 3.06. The molecule has 1 N–H and O–H groups in total. The van der Waals surface area contributed by atoms with Gasteiger partial charge in [-0.05, 0) is 34.1 Å². The van der Waals surface area contributed by atoms with E-state index in [1.54, 1.807) is 6.07 Å². The summed E-state index contributed by atoms with van der Waals surface area (Å²) in [7, 11) is 0. The van der Waals surface area contributed by atoms with Gasteiger partial charge in [-0.2, -0.15) is 4.39 Å². The second-order valence-corrected chi connectivity index (χ2v) is 4.59. The Labute approximate surface area is 120 Å². The summed E-state index contributed by atoms with van der Waals surface area (Å²) in [5.41, 5.74) is -0.229. The van der Waals surface area contributed by atoms with Gasteiger partial charge in [-0.15, -0.1) is 0 Å². The van der Waals surface area contributed by atoms with Crippen LogP contribution in [-0.4, -0.2) is 15.8 Å². The van der Waals surface area contributed by atoms with Crippen LogP contribution in [0.4, 0.5) is 15.8 Å². The number of amides is 1. The van der Waals surface area contributed by atoms with Crippen molar-refractivity contribution in [3.05, 3.63) is 62.6 Å². The minimum absolute atomic E-state index is 0.0168. The summed E-state index contributed by atoms with van der Waals surface area (Å²) in [4.78, 5) is 25.4. The van der Waals surface area contributed by atoms with Crippen LogP contribution in [0.1, 0.15) is 10.4 Å². The molecule has 20 heavy (non-hydrogen) atoms. The molecule has 0 aliphatic rings. The van der Waals surface area contributed by atoms with Crippen molar-refractivity contribution < 1.29 is 14.1 Å². The van der Waals surface area contributed by atoms with Crippen LogP contribution in [0.25, 0.3) is 0 Å². The van der Waals surface area contributed by atoms with Gasteiger partial charge in [0.05, 0.1) is 15.1 Å². The summed E-state index contributed by atoms with van der Waals surface area (Å²) in [5, 5.41) is 13.0. The summed E-state index contributed by atoms with van der Waals surface area (Å²) in [6.07, 6.45) is 2.98. The van der Waals surface area contributed by atoms with Crippen molar-refractivity contribution in [1.82, 2.24) is 4.98 Å². The highest BCUT2D eigenvalue weighted by molar-refractivity contribution is 9.10. The van der Waals surface area contributed by atoms with Gasteiger partial charge in [-0.1, -0.05) is 0 Å². The summed E-state index contributed by atoms with van der Waals surface area (Å²) in [5.74, 6) is -1.64. The number of rotatable bonds is 3. The number of carbonyl (C=O) groups excluding carboxylic acids is 1. The second-order valence-electron chi connectivity index (χ2n) is 3.73. The van der Waals surface area contributed by atoms with Gasteiger partial charge in [-0.25, -0.2) is 0 Å². The van der Waals surface area contributed by atoms with E-state index in [0.717, 1.165) is 12.1 Å². The second kappa shape index (κ2) is 5.74. The topological polar surface area (TPSA) is 85.1 Å². The Morgan fingerprint density at radius 3 is 2.75 bits per heavy atom. The van der Waals surface area contributed by atoms with Crippen molar-refractivity contribution >= 4 is 33.2 Å². The summed E-state index contributed by atoms with van der Waals surface area (Å²) in [6.45, 7) is 0.